The summed E-state index contributed by atoms with van der Waals surface area (Å²) in [5.74, 6) is -0.0853. The zero-order valence-corrected chi connectivity index (χ0v) is 19.2. The molecule has 7 heteroatoms. The molecule has 0 unspecified atom stereocenters. The fraction of sp³-hybridized carbons (Fsp3) is 0.522. The lowest BCUT2D eigenvalue weighted by Gasteiger charge is -2.31. The summed E-state index contributed by atoms with van der Waals surface area (Å²) in [7, 11) is -3.50. The van der Waals surface area contributed by atoms with E-state index in [1.165, 1.54) is 22.4 Å². The van der Waals surface area contributed by atoms with Crippen LogP contribution in [0, 0.1) is 5.92 Å². The SMILES string of the molecule is CCc1ccc(CNC(=O)C2CCN(S(=O)(=O)c3ccc4c(c3)CCCC4)CC2)s1. The number of nitrogens with zero attached hydrogens (tertiary/aromatic N) is 1. The highest BCUT2D eigenvalue weighted by Crippen LogP contribution is 2.28. The van der Waals surface area contributed by atoms with Gasteiger partial charge >= 0.3 is 0 Å². The van der Waals surface area contributed by atoms with E-state index in [1.54, 1.807) is 21.7 Å². The molecule has 1 aromatic heterocycles. The van der Waals surface area contributed by atoms with Crippen molar-refractivity contribution in [2.75, 3.05) is 13.1 Å². The van der Waals surface area contributed by atoms with Crippen LogP contribution in [0.4, 0.5) is 0 Å². The van der Waals surface area contributed by atoms with Crippen molar-refractivity contribution < 1.29 is 13.2 Å². The van der Waals surface area contributed by atoms with Gasteiger partial charge < -0.3 is 5.32 Å². The van der Waals surface area contributed by atoms with Gasteiger partial charge in [0.1, 0.15) is 0 Å². The Morgan fingerprint density at radius 3 is 2.47 bits per heavy atom. The largest absolute Gasteiger partial charge is 0.351 e. The molecular formula is C23H30N2O3S2. The first-order chi connectivity index (χ1) is 14.5. The molecule has 0 radical (unpaired) electrons. The minimum Gasteiger partial charge on any atom is -0.351 e. The third-order valence-electron chi connectivity index (χ3n) is 6.29. The number of hydrogen-bond acceptors (Lipinski definition) is 4. The molecule has 0 bridgehead atoms. The number of rotatable bonds is 6. The van der Waals surface area contributed by atoms with Crippen LogP contribution < -0.4 is 5.32 Å². The first kappa shape index (κ1) is 21.5. The minimum absolute atomic E-state index is 0.0345. The van der Waals surface area contributed by atoms with Gasteiger partial charge in [-0.1, -0.05) is 13.0 Å². The second kappa shape index (κ2) is 9.20. The van der Waals surface area contributed by atoms with E-state index in [1.807, 2.05) is 12.1 Å². The summed E-state index contributed by atoms with van der Waals surface area (Å²) in [5, 5.41) is 3.03. The van der Waals surface area contributed by atoms with Crippen LogP contribution in [0.15, 0.2) is 35.2 Å². The number of sulfonamides is 1. The molecule has 0 saturated carbocycles. The van der Waals surface area contributed by atoms with Gasteiger partial charge in [-0.3, -0.25) is 4.79 Å². The molecule has 30 heavy (non-hydrogen) atoms. The molecule has 1 fully saturated rings. The molecule has 1 saturated heterocycles. The van der Waals surface area contributed by atoms with Gasteiger partial charge in [0.2, 0.25) is 15.9 Å². The highest BCUT2D eigenvalue weighted by atomic mass is 32.2. The summed E-state index contributed by atoms with van der Waals surface area (Å²) in [6, 6.07) is 9.78. The van der Waals surface area contributed by atoms with Crippen molar-refractivity contribution in [1.82, 2.24) is 9.62 Å². The van der Waals surface area contributed by atoms with Crippen molar-refractivity contribution >= 4 is 27.3 Å². The number of carbonyl (C=O) groups excluding carboxylic acids is 1. The molecule has 1 aromatic carbocycles. The van der Waals surface area contributed by atoms with Crippen LogP contribution in [0.1, 0.15) is 53.5 Å². The maximum Gasteiger partial charge on any atom is 0.243 e. The fourth-order valence-corrected chi connectivity index (χ4v) is 6.82. The smallest absolute Gasteiger partial charge is 0.243 e. The summed E-state index contributed by atoms with van der Waals surface area (Å²) < 4.78 is 27.8. The molecule has 2 aliphatic rings. The van der Waals surface area contributed by atoms with Crippen molar-refractivity contribution in [3.8, 4) is 0 Å². The molecule has 1 amide bonds. The van der Waals surface area contributed by atoms with E-state index >= 15 is 0 Å². The number of fused-ring (bicyclic) bond motifs is 1. The van der Waals surface area contributed by atoms with Crippen LogP contribution in [0.2, 0.25) is 0 Å². The third-order valence-corrected chi connectivity index (χ3v) is 9.41. The van der Waals surface area contributed by atoms with Gasteiger partial charge in [-0.05, 0) is 80.3 Å². The number of carbonyl (C=O) groups is 1. The molecule has 0 atom stereocenters. The fourth-order valence-electron chi connectivity index (χ4n) is 4.40. The van der Waals surface area contributed by atoms with E-state index in [4.69, 9.17) is 0 Å². The zero-order valence-electron chi connectivity index (χ0n) is 17.5. The van der Waals surface area contributed by atoms with Crippen LogP contribution in [-0.4, -0.2) is 31.7 Å². The minimum atomic E-state index is -3.50. The summed E-state index contributed by atoms with van der Waals surface area (Å²) in [6.45, 7) is 3.48. The number of amides is 1. The quantitative estimate of drug-likeness (QED) is 0.732. The summed E-state index contributed by atoms with van der Waals surface area (Å²) in [4.78, 5) is 15.4. The molecule has 2 heterocycles. The summed E-state index contributed by atoms with van der Waals surface area (Å²) in [6.07, 6.45) is 6.46. The first-order valence-electron chi connectivity index (χ1n) is 10.9. The Morgan fingerprint density at radius 1 is 1.07 bits per heavy atom. The van der Waals surface area contributed by atoms with Crippen molar-refractivity contribution in [2.24, 2.45) is 5.92 Å². The summed E-state index contributed by atoms with van der Waals surface area (Å²) >= 11 is 1.73. The highest BCUT2D eigenvalue weighted by molar-refractivity contribution is 7.89. The molecular weight excluding hydrogens is 416 g/mol. The number of piperidine rings is 1. The normalized spacial score (nSPS) is 18.2. The van der Waals surface area contributed by atoms with Crippen molar-refractivity contribution in [3.63, 3.8) is 0 Å². The van der Waals surface area contributed by atoms with Crippen LogP contribution in [0.25, 0.3) is 0 Å². The Morgan fingerprint density at radius 2 is 1.77 bits per heavy atom. The maximum absolute atomic E-state index is 13.1. The van der Waals surface area contributed by atoms with Gasteiger partial charge in [-0.25, -0.2) is 8.42 Å². The second-order valence-electron chi connectivity index (χ2n) is 8.26. The van der Waals surface area contributed by atoms with Gasteiger partial charge in [0, 0.05) is 28.8 Å². The zero-order chi connectivity index (χ0) is 21.1. The molecule has 5 nitrogen and oxygen atoms in total. The van der Waals surface area contributed by atoms with Crippen molar-refractivity contribution in [1.29, 1.82) is 0 Å². The Labute approximate surface area is 183 Å². The Hall–Kier alpha value is -1.70. The average molecular weight is 447 g/mol. The maximum atomic E-state index is 13.1. The van der Waals surface area contributed by atoms with E-state index in [-0.39, 0.29) is 11.8 Å². The lowest BCUT2D eigenvalue weighted by Crippen LogP contribution is -2.42. The number of thiophene rings is 1. The van der Waals surface area contributed by atoms with Crippen LogP contribution in [0.5, 0.6) is 0 Å². The third kappa shape index (κ3) is 4.63. The lowest BCUT2D eigenvalue weighted by molar-refractivity contribution is -0.126. The molecule has 1 N–H and O–H groups in total. The lowest BCUT2D eigenvalue weighted by atomic mass is 9.92. The Balaban J connectivity index is 1.33. The number of hydrogen-bond donors (Lipinski definition) is 1. The monoisotopic (exact) mass is 446 g/mol. The second-order valence-corrected chi connectivity index (χ2v) is 11.4. The van der Waals surface area contributed by atoms with Gasteiger partial charge in [-0.2, -0.15) is 4.31 Å². The van der Waals surface area contributed by atoms with Crippen LogP contribution in [0.3, 0.4) is 0 Å². The van der Waals surface area contributed by atoms with Gasteiger partial charge in [-0.15, -0.1) is 11.3 Å². The topological polar surface area (TPSA) is 66.5 Å². The van der Waals surface area contributed by atoms with Crippen LogP contribution >= 0.6 is 11.3 Å². The molecule has 4 rings (SSSR count). The van der Waals surface area contributed by atoms with Crippen LogP contribution in [-0.2, 0) is 40.6 Å². The number of nitrogens with one attached hydrogen (secondary N) is 1. The van der Waals surface area contributed by atoms with Crippen molar-refractivity contribution in [2.45, 2.75) is 63.3 Å². The average Bonchev–Trinajstić information content (AvgIpc) is 3.25. The van der Waals surface area contributed by atoms with E-state index in [0.29, 0.717) is 37.4 Å². The molecule has 2 aromatic rings. The Kier molecular flexibility index (Phi) is 6.60. The predicted octanol–water partition coefficient (Wildman–Crippen LogP) is 3.91. The first-order valence-corrected chi connectivity index (χ1v) is 13.2. The highest BCUT2D eigenvalue weighted by Gasteiger charge is 2.32. The molecule has 162 valence electrons. The van der Waals surface area contributed by atoms with E-state index < -0.39 is 10.0 Å². The molecule has 0 spiro atoms. The van der Waals surface area contributed by atoms with E-state index in [9.17, 15) is 13.2 Å². The van der Waals surface area contributed by atoms with Gasteiger partial charge in [0.15, 0.2) is 0 Å². The number of benzene rings is 1. The number of aryl methyl sites for hydroxylation is 3. The van der Waals surface area contributed by atoms with Gasteiger partial charge in [0.05, 0.1) is 11.4 Å². The standard InChI is InChI=1S/C23H30N2O3S2/c1-2-20-8-9-21(29-20)16-24-23(26)18-11-13-25(14-12-18)30(27,28)22-10-7-17-5-3-4-6-19(17)15-22/h7-10,15,18H,2-6,11-14,16H2,1H3,(H,24,26). The molecule has 1 aliphatic heterocycles. The van der Waals surface area contributed by atoms with Gasteiger partial charge in [0.25, 0.3) is 0 Å². The summed E-state index contributed by atoms with van der Waals surface area (Å²) in [5.41, 5.74) is 2.46. The Bertz CT molecular complexity index is 1010. The van der Waals surface area contributed by atoms with E-state index in [0.717, 1.165) is 30.6 Å². The van der Waals surface area contributed by atoms with E-state index in [2.05, 4.69) is 24.4 Å². The predicted molar refractivity (Wildman–Crippen MR) is 120 cm³/mol. The molecule has 1 aliphatic carbocycles. The van der Waals surface area contributed by atoms with Crippen molar-refractivity contribution in [3.05, 3.63) is 51.2 Å².